The van der Waals surface area contributed by atoms with Crippen molar-refractivity contribution < 1.29 is 13.2 Å². The molecule has 5 N–H and O–H groups in total. The summed E-state index contributed by atoms with van der Waals surface area (Å²) in [5.41, 5.74) is 5.61. The minimum atomic E-state index is -3.76. The highest BCUT2D eigenvalue weighted by atomic mass is 35.5. The lowest BCUT2D eigenvalue weighted by atomic mass is 10.0. The van der Waals surface area contributed by atoms with Crippen LogP contribution in [0, 0.1) is 5.92 Å². The van der Waals surface area contributed by atoms with Gasteiger partial charge in [-0.3, -0.25) is 9.48 Å². The molecule has 0 aliphatic carbocycles. The first-order valence-corrected chi connectivity index (χ1v) is 8.31. The Bertz CT molecular complexity index is 573. The van der Waals surface area contributed by atoms with Crippen LogP contribution in [-0.4, -0.2) is 36.7 Å². The fourth-order valence-electron chi connectivity index (χ4n) is 1.91. The Morgan fingerprint density at radius 2 is 2.09 bits per heavy atom. The highest BCUT2D eigenvalue weighted by Gasteiger charge is 2.14. The van der Waals surface area contributed by atoms with Gasteiger partial charge >= 0.3 is 0 Å². The van der Waals surface area contributed by atoms with Crippen molar-refractivity contribution in [3.63, 3.8) is 0 Å². The minimum absolute atomic E-state index is 0. The van der Waals surface area contributed by atoms with E-state index in [-0.39, 0.29) is 42.2 Å². The average Bonchev–Trinajstić information content (AvgIpc) is 2.83. The molecule has 1 aromatic heterocycles. The summed E-state index contributed by atoms with van der Waals surface area (Å²) in [6.07, 6.45) is 3.48. The molecule has 1 heterocycles. The summed E-state index contributed by atoms with van der Waals surface area (Å²) in [4.78, 5) is 11.8. The van der Waals surface area contributed by atoms with E-state index in [0.717, 1.165) is 12.6 Å². The van der Waals surface area contributed by atoms with Crippen LogP contribution < -0.4 is 16.2 Å². The monoisotopic (exact) mass is 353 g/mol. The Balaban J connectivity index is 0.00000441. The van der Waals surface area contributed by atoms with Crippen molar-refractivity contribution >= 4 is 28.3 Å². The van der Waals surface area contributed by atoms with Crippen LogP contribution in [0.3, 0.4) is 0 Å². The van der Waals surface area contributed by atoms with Crippen molar-refractivity contribution in [2.24, 2.45) is 16.8 Å². The summed E-state index contributed by atoms with van der Waals surface area (Å²) in [6.45, 7) is 4.79. The molecule has 0 spiro atoms. The van der Waals surface area contributed by atoms with Gasteiger partial charge in [-0.1, -0.05) is 13.8 Å². The number of nitrogens with two attached hydrogens (primary N) is 2. The van der Waals surface area contributed by atoms with Crippen molar-refractivity contribution in [1.29, 1.82) is 0 Å². The molecule has 22 heavy (non-hydrogen) atoms. The Hall–Kier alpha value is -1.16. The van der Waals surface area contributed by atoms with Gasteiger partial charge in [-0.2, -0.15) is 5.10 Å². The maximum absolute atomic E-state index is 11.8. The molecule has 1 aromatic rings. The van der Waals surface area contributed by atoms with E-state index in [1.807, 2.05) is 0 Å². The van der Waals surface area contributed by atoms with Crippen molar-refractivity contribution in [3.8, 4) is 0 Å². The third-order valence-electron chi connectivity index (χ3n) is 2.91. The molecule has 8 nitrogen and oxygen atoms in total. The van der Waals surface area contributed by atoms with E-state index in [4.69, 9.17) is 10.9 Å². The molecule has 0 bridgehead atoms. The van der Waals surface area contributed by atoms with E-state index in [9.17, 15) is 13.2 Å². The zero-order valence-corrected chi connectivity index (χ0v) is 14.4. The van der Waals surface area contributed by atoms with Gasteiger partial charge in [0.15, 0.2) is 0 Å². The third-order valence-corrected chi connectivity index (χ3v) is 3.78. The Labute approximate surface area is 137 Å². The summed E-state index contributed by atoms with van der Waals surface area (Å²) in [6, 6.07) is -0.0462. The number of carbonyl (C=O) groups excluding carboxylic acids is 1. The second kappa shape index (κ2) is 9.09. The largest absolute Gasteiger partial charge is 0.352 e. The second-order valence-corrected chi connectivity index (χ2v) is 6.93. The number of sulfonamides is 1. The van der Waals surface area contributed by atoms with Gasteiger partial charge in [-0.05, 0) is 12.3 Å². The second-order valence-electron chi connectivity index (χ2n) is 5.36. The summed E-state index contributed by atoms with van der Waals surface area (Å²) >= 11 is 0. The maximum atomic E-state index is 11.8. The lowest BCUT2D eigenvalue weighted by Gasteiger charge is -2.18. The first-order valence-electron chi connectivity index (χ1n) is 6.77. The number of aryl methyl sites for hydroxylation is 1. The predicted octanol–water partition coefficient (Wildman–Crippen LogP) is -0.168. The quantitative estimate of drug-likeness (QED) is 0.596. The molecule has 0 aliphatic heterocycles. The van der Waals surface area contributed by atoms with Gasteiger partial charge < -0.3 is 11.1 Å². The van der Waals surface area contributed by atoms with Crippen LogP contribution >= 0.6 is 12.4 Å². The summed E-state index contributed by atoms with van der Waals surface area (Å²) in [7, 11) is -3.76. The zero-order chi connectivity index (χ0) is 16.0. The van der Waals surface area contributed by atoms with Gasteiger partial charge in [-0.25, -0.2) is 13.6 Å². The molecule has 0 saturated carbocycles. The van der Waals surface area contributed by atoms with Crippen molar-refractivity contribution in [1.82, 2.24) is 15.1 Å². The van der Waals surface area contributed by atoms with E-state index in [0.29, 0.717) is 12.5 Å². The van der Waals surface area contributed by atoms with E-state index in [1.165, 1.54) is 10.9 Å². The van der Waals surface area contributed by atoms with Crippen molar-refractivity contribution in [2.45, 2.75) is 44.2 Å². The Morgan fingerprint density at radius 1 is 1.45 bits per heavy atom. The van der Waals surface area contributed by atoms with Gasteiger partial charge in [-0.15, -0.1) is 12.4 Å². The normalized spacial score (nSPS) is 12.8. The molecule has 1 atom stereocenters. The summed E-state index contributed by atoms with van der Waals surface area (Å²) in [5, 5.41) is 11.7. The van der Waals surface area contributed by atoms with E-state index in [2.05, 4.69) is 24.3 Å². The predicted molar refractivity (Wildman–Crippen MR) is 85.9 cm³/mol. The van der Waals surface area contributed by atoms with Gasteiger partial charge in [0.05, 0.1) is 6.20 Å². The van der Waals surface area contributed by atoms with Crippen molar-refractivity contribution in [3.05, 3.63) is 12.4 Å². The van der Waals surface area contributed by atoms with E-state index >= 15 is 0 Å². The number of amides is 1. The molecule has 0 fully saturated rings. The highest BCUT2D eigenvalue weighted by Crippen LogP contribution is 2.06. The van der Waals surface area contributed by atoms with Crippen LogP contribution in [0.2, 0.25) is 0 Å². The van der Waals surface area contributed by atoms with Crippen LogP contribution in [-0.2, 0) is 21.4 Å². The number of primary sulfonamides is 1. The molecule has 0 aromatic carbocycles. The van der Waals surface area contributed by atoms with Gasteiger partial charge in [0.25, 0.3) is 0 Å². The number of rotatable bonds is 8. The topological polar surface area (TPSA) is 133 Å². The van der Waals surface area contributed by atoms with Crippen LogP contribution in [0.25, 0.3) is 0 Å². The smallest absolute Gasteiger partial charge is 0.241 e. The third kappa shape index (κ3) is 7.21. The number of carbonyl (C=O) groups is 1. The molecular formula is C12H24ClN5O3S. The number of halogens is 1. The first-order chi connectivity index (χ1) is 9.72. The Morgan fingerprint density at radius 3 is 2.55 bits per heavy atom. The molecule has 1 rings (SSSR count). The fraction of sp³-hybridized carbons (Fsp3) is 0.667. The van der Waals surface area contributed by atoms with Crippen molar-refractivity contribution in [2.75, 3.05) is 6.54 Å². The molecule has 0 radical (unpaired) electrons. The molecule has 0 aliphatic rings. The summed E-state index contributed by atoms with van der Waals surface area (Å²) in [5.74, 6) is 0.307. The van der Waals surface area contributed by atoms with E-state index < -0.39 is 10.0 Å². The highest BCUT2D eigenvalue weighted by molar-refractivity contribution is 7.89. The number of nitrogens with zero attached hydrogens (tertiary/aromatic N) is 2. The van der Waals surface area contributed by atoms with E-state index in [1.54, 1.807) is 0 Å². The lowest BCUT2D eigenvalue weighted by Crippen LogP contribution is -2.41. The summed E-state index contributed by atoms with van der Waals surface area (Å²) < 4.78 is 23.6. The van der Waals surface area contributed by atoms with Gasteiger partial charge in [0.2, 0.25) is 15.9 Å². The average molecular weight is 354 g/mol. The molecular weight excluding hydrogens is 330 g/mol. The standard InChI is InChI=1S/C12H23N5O3S.ClH/c1-9(2)5-10(6-13)16-12(18)3-4-17-8-11(7-15-17)21(14,19)20;/h7-10H,3-6,13H2,1-2H3,(H,16,18)(H2,14,19,20);1H. The number of hydrogen-bond acceptors (Lipinski definition) is 5. The van der Waals surface area contributed by atoms with Crippen LogP contribution in [0.4, 0.5) is 0 Å². The minimum Gasteiger partial charge on any atom is -0.352 e. The SMILES string of the molecule is CC(C)CC(CN)NC(=O)CCn1cc(S(N)(=O)=O)cn1.Cl. The number of nitrogens with one attached hydrogen (secondary N) is 1. The molecule has 128 valence electrons. The lowest BCUT2D eigenvalue weighted by molar-refractivity contribution is -0.122. The Kier molecular flexibility index (Phi) is 8.61. The van der Waals surface area contributed by atoms with Crippen LogP contribution in [0.5, 0.6) is 0 Å². The van der Waals surface area contributed by atoms with Gasteiger partial charge in [0.1, 0.15) is 4.90 Å². The number of hydrogen-bond donors (Lipinski definition) is 3. The molecule has 0 saturated heterocycles. The molecule has 1 amide bonds. The molecule has 10 heteroatoms. The maximum Gasteiger partial charge on any atom is 0.241 e. The number of aromatic nitrogens is 2. The first kappa shape index (κ1) is 20.8. The molecule has 1 unspecified atom stereocenters. The zero-order valence-electron chi connectivity index (χ0n) is 12.7. The van der Waals surface area contributed by atoms with Gasteiger partial charge in [0, 0.05) is 31.7 Å². The van der Waals surface area contributed by atoms with Crippen LogP contribution in [0.1, 0.15) is 26.7 Å². The van der Waals surface area contributed by atoms with Crippen LogP contribution in [0.15, 0.2) is 17.3 Å². The fourth-order valence-corrected chi connectivity index (χ4v) is 2.38.